The van der Waals surface area contributed by atoms with Crippen molar-refractivity contribution in [2.75, 3.05) is 0 Å². The summed E-state index contributed by atoms with van der Waals surface area (Å²) in [7, 11) is 0. The van der Waals surface area contributed by atoms with Gasteiger partial charge < -0.3 is 0 Å². The predicted octanol–water partition coefficient (Wildman–Crippen LogP) is 3.17. The van der Waals surface area contributed by atoms with Gasteiger partial charge in [0.15, 0.2) is 0 Å². The van der Waals surface area contributed by atoms with Crippen molar-refractivity contribution in [3.63, 3.8) is 0 Å². The van der Waals surface area contributed by atoms with Gasteiger partial charge in [0.25, 0.3) is 0 Å². The highest BCUT2D eigenvalue weighted by Crippen LogP contribution is 2.58. The summed E-state index contributed by atoms with van der Waals surface area (Å²) in [5.74, 6) is 0. The van der Waals surface area contributed by atoms with Gasteiger partial charge in [-0.1, -0.05) is 29.3 Å². The number of benzene rings is 1. The fourth-order valence-corrected chi connectivity index (χ4v) is 2.64. The van der Waals surface area contributed by atoms with Crippen LogP contribution in [0.25, 0.3) is 0 Å². The normalized spacial score (nSPS) is 11.8. The lowest BCUT2D eigenvalue weighted by Gasteiger charge is -2.06. The van der Waals surface area contributed by atoms with Crippen LogP contribution >= 0.6 is 42.4 Å². The van der Waals surface area contributed by atoms with Crippen LogP contribution in [0.2, 0.25) is 10.0 Å². The summed E-state index contributed by atoms with van der Waals surface area (Å²) in [6, 6.07) is 4.86. The molecule has 72 valence electrons. The smallest absolute Gasteiger partial charge is 0.208 e. The Balaban J connectivity index is 2.90. The van der Waals surface area contributed by atoms with Gasteiger partial charge in [0.2, 0.25) is 0 Å². The van der Waals surface area contributed by atoms with Crippen LogP contribution in [0.4, 0.5) is 0 Å². The Morgan fingerprint density at radius 2 is 1.92 bits per heavy atom. The molecule has 0 atom stereocenters. The molecule has 0 saturated heterocycles. The lowest BCUT2D eigenvalue weighted by atomic mass is 10.2. The van der Waals surface area contributed by atoms with E-state index in [2.05, 4.69) is 12.2 Å². The largest absolute Gasteiger partial charge is 0.328 e. The summed E-state index contributed by atoms with van der Waals surface area (Å²) in [6.07, 6.45) is 0.0616. The molecule has 13 heavy (non-hydrogen) atoms. The monoisotopic (exact) mass is 257 g/mol. The molecule has 0 spiro atoms. The van der Waals surface area contributed by atoms with Gasteiger partial charge in [-0.25, -0.2) is 9.79 Å². The number of halogens is 2. The maximum absolute atomic E-state index is 9.10. The first-order valence-electron chi connectivity index (χ1n) is 3.39. The minimum Gasteiger partial charge on any atom is -0.208 e. The molecule has 2 N–H and O–H groups in total. The molecular weight excluding hydrogens is 250 g/mol. The van der Waals surface area contributed by atoms with E-state index in [4.69, 9.17) is 33.0 Å². The highest BCUT2D eigenvalue weighted by molar-refractivity contribution is 8.48. The summed E-state index contributed by atoms with van der Waals surface area (Å²) in [5.41, 5.74) is 0.638. The highest BCUT2D eigenvalue weighted by Gasteiger charge is 2.29. The first kappa shape index (κ1) is 11.6. The summed E-state index contributed by atoms with van der Waals surface area (Å²) >= 11 is 15.2. The van der Waals surface area contributed by atoms with Gasteiger partial charge in [-0.05, 0) is 12.1 Å². The van der Waals surface area contributed by atoms with Crippen molar-refractivity contribution in [1.82, 2.24) is 0 Å². The molecule has 6 heteroatoms. The third-order valence-corrected chi connectivity index (χ3v) is 3.17. The lowest BCUT2D eigenvalue weighted by molar-refractivity contribution is 0.474. The van der Waals surface area contributed by atoms with E-state index in [1.807, 2.05) is 0 Å². The minimum atomic E-state index is -3.11. The van der Waals surface area contributed by atoms with Crippen LogP contribution in [0.5, 0.6) is 0 Å². The Labute approximate surface area is 92.2 Å². The zero-order valence-corrected chi connectivity index (χ0v) is 9.78. The molecular formula is C7H8Cl2O2PS+. The molecule has 0 unspecified atom stereocenters. The highest BCUT2D eigenvalue weighted by atomic mass is 35.5. The van der Waals surface area contributed by atoms with Crippen molar-refractivity contribution >= 4 is 42.4 Å². The van der Waals surface area contributed by atoms with E-state index in [-0.39, 0.29) is 6.16 Å². The SMILES string of the molecule is O[P+](O)(S)Cc1ccc(Cl)cc1Cl. The molecule has 1 aromatic rings. The molecule has 0 aromatic heterocycles. The lowest BCUT2D eigenvalue weighted by Crippen LogP contribution is -1.89. The molecule has 0 aliphatic carbocycles. The Kier molecular flexibility index (Phi) is 3.87. The van der Waals surface area contributed by atoms with E-state index < -0.39 is 6.92 Å². The van der Waals surface area contributed by atoms with E-state index in [1.165, 1.54) is 0 Å². The van der Waals surface area contributed by atoms with Crippen molar-refractivity contribution in [3.8, 4) is 0 Å². The van der Waals surface area contributed by atoms with Crippen LogP contribution in [0.3, 0.4) is 0 Å². The minimum absolute atomic E-state index is 0.0616. The van der Waals surface area contributed by atoms with Gasteiger partial charge in [-0.2, -0.15) is 0 Å². The Bertz CT molecular complexity index is 314. The van der Waals surface area contributed by atoms with Crippen LogP contribution in [-0.4, -0.2) is 9.79 Å². The van der Waals surface area contributed by atoms with Crippen molar-refractivity contribution < 1.29 is 9.79 Å². The topological polar surface area (TPSA) is 40.5 Å². The molecule has 2 nitrogen and oxygen atoms in total. The van der Waals surface area contributed by atoms with E-state index in [0.717, 1.165) is 0 Å². The Morgan fingerprint density at radius 1 is 1.31 bits per heavy atom. The summed E-state index contributed by atoms with van der Waals surface area (Å²) in [6.45, 7) is -3.11. The van der Waals surface area contributed by atoms with E-state index in [1.54, 1.807) is 18.2 Å². The second kappa shape index (κ2) is 4.35. The zero-order valence-electron chi connectivity index (χ0n) is 6.48. The summed E-state index contributed by atoms with van der Waals surface area (Å²) in [4.78, 5) is 18.2. The molecule has 0 bridgehead atoms. The fourth-order valence-electron chi connectivity index (χ4n) is 0.878. The van der Waals surface area contributed by atoms with Gasteiger partial charge in [-0.3, -0.25) is 0 Å². The maximum atomic E-state index is 9.10. The van der Waals surface area contributed by atoms with E-state index in [0.29, 0.717) is 15.6 Å². The Morgan fingerprint density at radius 3 is 2.38 bits per heavy atom. The zero-order chi connectivity index (χ0) is 10.1. The second-order valence-electron chi connectivity index (χ2n) is 2.59. The van der Waals surface area contributed by atoms with Crippen molar-refractivity contribution in [2.45, 2.75) is 6.16 Å². The molecule has 1 aromatic carbocycles. The van der Waals surface area contributed by atoms with Crippen LogP contribution in [0, 0.1) is 0 Å². The average molecular weight is 258 g/mol. The first-order chi connectivity index (χ1) is 5.88. The molecule has 1 rings (SSSR count). The standard InChI is InChI=1S/C7H8Cl2O2PS/c8-6-2-1-5(7(9)3-6)4-12(10,11)13/h1-3,10-11,13H,4H2/q+1. The third kappa shape index (κ3) is 4.03. The van der Waals surface area contributed by atoms with Gasteiger partial charge in [0.1, 0.15) is 6.16 Å². The van der Waals surface area contributed by atoms with Crippen LogP contribution in [0.1, 0.15) is 5.56 Å². The van der Waals surface area contributed by atoms with E-state index >= 15 is 0 Å². The number of hydrogen-bond acceptors (Lipinski definition) is 3. The number of rotatable bonds is 2. The number of thiol groups is 1. The predicted molar refractivity (Wildman–Crippen MR) is 60.5 cm³/mol. The van der Waals surface area contributed by atoms with Gasteiger partial charge in [-0.15, -0.1) is 0 Å². The van der Waals surface area contributed by atoms with Gasteiger partial charge >= 0.3 is 6.92 Å². The fraction of sp³-hybridized carbons (Fsp3) is 0.143. The van der Waals surface area contributed by atoms with Crippen LogP contribution < -0.4 is 0 Å². The van der Waals surface area contributed by atoms with Crippen molar-refractivity contribution in [3.05, 3.63) is 33.8 Å². The second-order valence-corrected chi connectivity index (χ2v) is 7.05. The van der Waals surface area contributed by atoms with Gasteiger partial charge in [0.05, 0.1) is 12.2 Å². The van der Waals surface area contributed by atoms with Crippen molar-refractivity contribution in [2.24, 2.45) is 0 Å². The molecule has 0 amide bonds. The summed E-state index contributed by atoms with van der Waals surface area (Å²) in [5, 5.41) is 0.946. The molecule has 0 heterocycles. The van der Waals surface area contributed by atoms with E-state index in [9.17, 15) is 0 Å². The molecule has 0 fully saturated rings. The average Bonchev–Trinajstić information content (AvgIpc) is 1.93. The van der Waals surface area contributed by atoms with Crippen LogP contribution in [0.15, 0.2) is 18.2 Å². The van der Waals surface area contributed by atoms with Crippen LogP contribution in [-0.2, 0) is 6.16 Å². The molecule has 0 aliphatic rings. The first-order valence-corrected chi connectivity index (χ1v) is 7.17. The third-order valence-electron chi connectivity index (χ3n) is 1.40. The van der Waals surface area contributed by atoms with Gasteiger partial charge in [0, 0.05) is 15.6 Å². The quantitative estimate of drug-likeness (QED) is 0.563. The number of hydrogen-bond donors (Lipinski definition) is 3. The molecule has 0 radical (unpaired) electrons. The molecule has 0 aliphatic heterocycles. The maximum Gasteiger partial charge on any atom is 0.328 e. The van der Waals surface area contributed by atoms with Crippen molar-refractivity contribution in [1.29, 1.82) is 0 Å². The summed E-state index contributed by atoms with van der Waals surface area (Å²) < 4.78 is 0. The Hall–Kier alpha value is 0.500. The molecule has 0 saturated carbocycles.